The van der Waals surface area contributed by atoms with Gasteiger partial charge in [-0.25, -0.2) is 0 Å². The van der Waals surface area contributed by atoms with Gasteiger partial charge in [-0.1, -0.05) is 29.5 Å². The highest BCUT2D eigenvalue weighted by atomic mass is 32.2. The summed E-state index contributed by atoms with van der Waals surface area (Å²) in [6, 6.07) is 14.6. The number of hydrogen-bond acceptors (Lipinski definition) is 6. The Morgan fingerprint density at radius 2 is 1.79 bits per heavy atom. The van der Waals surface area contributed by atoms with Crippen LogP contribution in [0.25, 0.3) is 5.69 Å². The van der Waals surface area contributed by atoms with Crippen LogP contribution in [0.3, 0.4) is 0 Å². The molecule has 3 rings (SSSR count). The van der Waals surface area contributed by atoms with Crippen LogP contribution in [0.2, 0.25) is 0 Å². The third-order valence-electron chi connectivity index (χ3n) is 3.90. The number of rotatable bonds is 7. The summed E-state index contributed by atoms with van der Waals surface area (Å²) in [5.74, 6) is -0.00201. The summed E-state index contributed by atoms with van der Waals surface area (Å²) in [4.78, 5) is 24.2. The average molecular weight is 411 g/mol. The highest BCUT2D eigenvalue weighted by molar-refractivity contribution is 7.99. The molecule has 3 aromatic rings. The lowest BCUT2D eigenvalue weighted by atomic mass is 10.2. The predicted molar refractivity (Wildman–Crippen MR) is 110 cm³/mol. The molecule has 0 saturated carbocycles. The molecule has 0 unspecified atom stereocenters. The Morgan fingerprint density at radius 1 is 1.07 bits per heavy atom. The molecule has 29 heavy (non-hydrogen) atoms. The van der Waals surface area contributed by atoms with Crippen molar-refractivity contribution in [2.24, 2.45) is 0 Å². The van der Waals surface area contributed by atoms with Gasteiger partial charge in [0, 0.05) is 11.3 Å². The fourth-order valence-corrected chi connectivity index (χ4v) is 3.17. The van der Waals surface area contributed by atoms with Gasteiger partial charge in [-0.15, -0.1) is 10.2 Å². The molecule has 0 aliphatic carbocycles. The van der Waals surface area contributed by atoms with Crippen molar-refractivity contribution in [3.05, 3.63) is 66.0 Å². The summed E-state index contributed by atoms with van der Waals surface area (Å²) in [6.07, 6.45) is 1.60. The minimum Gasteiger partial charge on any atom is -0.494 e. The number of nitrogens with zero attached hydrogens (tertiary/aromatic N) is 3. The molecular formula is C20H21N5O3S. The molecule has 0 bridgehead atoms. The van der Waals surface area contributed by atoms with Crippen LogP contribution in [-0.4, -0.2) is 38.9 Å². The molecule has 0 aliphatic rings. The van der Waals surface area contributed by atoms with Gasteiger partial charge >= 0.3 is 0 Å². The van der Waals surface area contributed by atoms with Gasteiger partial charge in [0.05, 0.1) is 12.4 Å². The Morgan fingerprint density at radius 3 is 2.48 bits per heavy atom. The molecule has 2 aromatic carbocycles. The molecule has 0 radical (unpaired) electrons. The molecule has 0 aliphatic heterocycles. The normalized spacial score (nSPS) is 10.4. The van der Waals surface area contributed by atoms with Crippen LogP contribution in [0.4, 0.5) is 0 Å². The van der Waals surface area contributed by atoms with E-state index in [9.17, 15) is 9.59 Å². The van der Waals surface area contributed by atoms with E-state index in [1.165, 1.54) is 11.8 Å². The molecule has 1 heterocycles. The van der Waals surface area contributed by atoms with Crippen molar-refractivity contribution >= 4 is 23.6 Å². The highest BCUT2D eigenvalue weighted by Gasteiger charge is 2.12. The maximum absolute atomic E-state index is 12.1. The van der Waals surface area contributed by atoms with Crippen molar-refractivity contribution in [1.29, 1.82) is 0 Å². The first kappa shape index (κ1) is 20.4. The zero-order valence-corrected chi connectivity index (χ0v) is 16.9. The average Bonchev–Trinajstić information content (AvgIpc) is 3.20. The van der Waals surface area contributed by atoms with E-state index in [0.717, 1.165) is 11.3 Å². The first-order valence-corrected chi connectivity index (χ1v) is 9.97. The molecule has 0 spiro atoms. The van der Waals surface area contributed by atoms with Gasteiger partial charge in [0.15, 0.2) is 5.16 Å². The van der Waals surface area contributed by atoms with Gasteiger partial charge in [0.1, 0.15) is 12.1 Å². The lowest BCUT2D eigenvalue weighted by Gasteiger charge is -2.09. The second kappa shape index (κ2) is 9.74. The maximum Gasteiger partial charge on any atom is 0.269 e. The molecular weight excluding hydrogens is 390 g/mol. The van der Waals surface area contributed by atoms with Crippen molar-refractivity contribution in [3.63, 3.8) is 0 Å². The van der Waals surface area contributed by atoms with Crippen LogP contribution < -0.4 is 15.6 Å². The van der Waals surface area contributed by atoms with Gasteiger partial charge in [0.2, 0.25) is 5.91 Å². The Kier molecular flexibility index (Phi) is 6.85. The Hall–Kier alpha value is -3.33. The summed E-state index contributed by atoms with van der Waals surface area (Å²) < 4.78 is 7.14. The summed E-state index contributed by atoms with van der Waals surface area (Å²) in [5, 5.41) is 8.55. The molecule has 1 aromatic heterocycles. The van der Waals surface area contributed by atoms with Gasteiger partial charge < -0.3 is 4.74 Å². The molecule has 2 N–H and O–H groups in total. The number of benzene rings is 2. The third-order valence-corrected chi connectivity index (χ3v) is 4.85. The van der Waals surface area contributed by atoms with E-state index in [4.69, 9.17) is 4.74 Å². The van der Waals surface area contributed by atoms with Crippen LogP contribution in [0.5, 0.6) is 5.75 Å². The van der Waals surface area contributed by atoms with E-state index in [0.29, 0.717) is 23.1 Å². The minimum absolute atomic E-state index is 0.0775. The highest BCUT2D eigenvalue weighted by Crippen LogP contribution is 2.19. The number of carbonyl (C=O) groups is 2. The molecule has 150 valence electrons. The molecule has 2 amide bonds. The number of ether oxygens (including phenoxy) is 1. The number of thioether (sulfide) groups is 1. The van der Waals surface area contributed by atoms with Gasteiger partial charge in [-0.2, -0.15) is 0 Å². The first-order valence-electron chi connectivity index (χ1n) is 8.98. The molecule has 0 atom stereocenters. The van der Waals surface area contributed by atoms with Crippen molar-refractivity contribution in [1.82, 2.24) is 25.6 Å². The van der Waals surface area contributed by atoms with Gasteiger partial charge in [-0.3, -0.25) is 25.0 Å². The zero-order valence-electron chi connectivity index (χ0n) is 16.1. The van der Waals surface area contributed by atoms with Gasteiger partial charge in [-0.05, 0) is 50.2 Å². The fourth-order valence-electron chi connectivity index (χ4n) is 2.44. The van der Waals surface area contributed by atoms with E-state index < -0.39 is 5.91 Å². The minimum atomic E-state index is -0.408. The molecule has 9 heteroatoms. The van der Waals surface area contributed by atoms with E-state index in [-0.39, 0.29) is 11.7 Å². The van der Waals surface area contributed by atoms with Crippen molar-refractivity contribution in [2.45, 2.75) is 19.0 Å². The van der Waals surface area contributed by atoms with Crippen LogP contribution in [0, 0.1) is 6.92 Å². The van der Waals surface area contributed by atoms with Crippen molar-refractivity contribution < 1.29 is 14.3 Å². The smallest absolute Gasteiger partial charge is 0.269 e. The zero-order chi connectivity index (χ0) is 20.6. The van der Waals surface area contributed by atoms with E-state index >= 15 is 0 Å². The Balaban J connectivity index is 1.50. The number of carbonyl (C=O) groups excluding carboxylic acids is 2. The molecule has 8 nitrogen and oxygen atoms in total. The quantitative estimate of drug-likeness (QED) is 0.458. The Bertz CT molecular complexity index is 971. The van der Waals surface area contributed by atoms with E-state index in [1.54, 1.807) is 35.2 Å². The number of hydrogen-bond donors (Lipinski definition) is 2. The maximum atomic E-state index is 12.1. The lowest BCUT2D eigenvalue weighted by molar-refractivity contribution is -0.119. The van der Waals surface area contributed by atoms with Crippen LogP contribution >= 0.6 is 11.8 Å². The predicted octanol–water partition coefficient (Wildman–Crippen LogP) is 2.53. The number of nitrogens with one attached hydrogen (secondary N) is 2. The Labute approximate surface area is 172 Å². The van der Waals surface area contributed by atoms with Crippen molar-refractivity contribution in [2.75, 3.05) is 12.4 Å². The van der Waals surface area contributed by atoms with Crippen LogP contribution in [0.15, 0.2) is 60.0 Å². The summed E-state index contributed by atoms with van der Waals surface area (Å²) in [7, 11) is 0. The number of aryl methyl sites for hydroxylation is 1. The second-order valence-electron chi connectivity index (χ2n) is 6.07. The topological polar surface area (TPSA) is 98.1 Å². The monoisotopic (exact) mass is 411 g/mol. The second-order valence-corrected chi connectivity index (χ2v) is 7.01. The number of hydrazine groups is 1. The molecule has 0 saturated heterocycles. The van der Waals surface area contributed by atoms with E-state index in [2.05, 4.69) is 21.0 Å². The standard InChI is InChI=1S/C20H21N5O3S/c1-3-28-17-10-6-15(7-11-17)19(27)23-22-18(26)12-29-20-24-21-13-25(20)16-8-4-14(2)5-9-16/h4-11,13H,3,12H2,1-2H3,(H,22,26)(H,23,27). The molecule has 0 fully saturated rings. The summed E-state index contributed by atoms with van der Waals surface area (Å²) in [6.45, 7) is 4.45. The van der Waals surface area contributed by atoms with Crippen LogP contribution in [0.1, 0.15) is 22.8 Å². The first-order chi connectivity index (χ1) is 14.1. The number of aromatic nitrogens is 3. The van der Waals surface area contributed by atoms with Crippen molar-refractivity contribution in [3.8, 4) is 11.4 Å². The summed E-state index contributed by atoms with van der Waals surface area (Å²) in [5.41, 5.74) is 7.28. The lowest BCUT2D eigenvalue weighted by Crippen LogP contribution is -2.42. The summed E-state index contributed by atoms with van der Waals surface area (Å²) >= 11 is 1.23. The largest absolute Gasteiger partial charge is 0.494 e. The SMILES string of the molecule is CCOc1ccc(C(=O)NNC(=O)CSc2nncn2-c2ccc(C)cc2)cc1. The van der Waals surface area contributed by atoms with Crippen LogP contribution in [-0.2, 0) is 4.79 Å². The fraction of sp³-hybridized carbons (Fsp3) is 0.200. The third kappa shape index (κ3) is 5.58. The van der Waals surface area contributed by atoms with E-state index in [1.807, 2.05) is 38.1 Å². The number of amides is 2. The van der Waals surface area contributed by atoms with Gasteiger partial charge in [0.25, 0.3) is 5.91 Å².